The minimum absolute atomic E-state index is 0.117. The fourth-order valence-corrected chi connectivity index (χ4v) is 1.74. The van der Waals surface area contributed by atoms with E-state index in [4.69, 9.17) is 9.47 Å². The molecular formula is C15H21NO3. The van der Waals surface area contributed by atoms with Crippen molar-refractivity contribution < 1.29 is 14.3 Å². The van der Waals surface area contributed by atoms with Gasteiger partial charge >= 0.3 is 0 Å². The van der Waals surface area contributed by atoms with E-state index < -0.39 is 0 Å². The van der Waals surface area contributed by atoms with Crippen molar-refractivity contribution in [2.24, 2.45) is 0 Å². The Labute approximate surface area is 114 Å². The first kappa shape index (κ1) is 15.1. The van der Waals surface area contributed by atoms with Gasteiger partial charge in [0, 0.05) is 24.6 Å². The molecule has 1 N–H and O–H groups in total. The molecule has 0 unspecified atom stereocenters. The van der Waals surface area contributed by atoms with Gasteiger partial charge in [0.05, 0.1) is 19.9 Å². The Hall–Kier alpha value is -1.97. The number of allylic oxidation sites excluding steroid dienone is 2. The lowest BCUT2D eigenvalue weighted by Crippen LogP contribution is -2.09. The molecule has 0 saturated carbocycles. The minimum atomic E-state index is -0.117. The van der Waals surface area contributed by atoms with E-state index in [-0.39, 0.29) is 5.91 Å². The van der Waals surface area contributed by atoms with Gasteiger partial charge in [0.25, 0.3) is 0 Å². The van der Waals surface area contributed by atoms with E-state index >= 15 is 0 Å². The molecule has 4 nitrogen and oxygen atoms in total. The zero-order chi connectivity index (χ0) is 14.4. The van der Waals surface area contributed by atoms with Gasteiger partial charge in [-0.25, -0.2) is 0 Å². The van der Waals surface area contributed by atoms with Crippen LogP contribution in [0, 0.1) is 0 Å². The lowest BCUT2D eigenvalue weighted by molar-refractivity contribution is -0.114. The van der Waals surface area contributed by atoms with Crippen LogP contribution in [0.3, 0.4) is 0 Å². The first-order valence-electron chi connectivity index (χ1n) is 6.13. The summed E-state index contributed by atoms with van der Waals surface area (Å²) in [6, 6.07) is 3.62. The summed E-state index contributed by atoms with van der Waals surface area (Å²) < 4.78 is 10.6. The highest BCUT2D eigenvalue weighted by molar-refractivity contribution is 5.90. The maximum Gasteiger partial charge on any atom is 0.221 e. The zero-order valence-corrected chi connectivity index (χ0v) is 12.2. The molecule has 0 radical (unpaired) electrons. The van der Waals surface area contributed by atoms with Gasteiger partial charge in [0.2, 0.25) is 5.91 Å². The van der Waals surface area contributed by atoms with Crippen molar-refractivity contribution in [3.05, 3.63) is 29.3 Å². The van der Waals surface area contributed by atoms with Crippen molar-refractivity contribution in [1.29, 1.82) is 0 Å². The van der Waals surface area contributed by atoms with E-state index in [0.717, 1.165) is 11.3 Å². The van der Waals surface area contributed by atoms with Gasteiger partial charge in [-0.15, -0.1) is 0 Å². The summed E-state index contributed by atoms with van der Waals surface area (Å²) in [5.41, 5.74) is 2.88. The van der Waals surface area contributed by atoms with Crippen LogP contribution >= 0.6 is 0 Å². The Balaban J connectivity index is 3.28. The Bertz CT molecular complexity index is 488. The number of carbonyl (C=O) groups is 1. The number of amides is 1. The summed E-state index contributed by atoms with van der Waals surface area (Å²) in [7, 11) is 3.19. The number of benzene rings is 1. The molecule has 0 bridgehead atoms. The fourth-order valence-electron chi connectivity index (χ4n) is 1.74. The van der Waals surface area contributed by atoms with Gasteiger partial charge in [0.15, 0.2) is 0 Å². The van der Waals surface area contributed by atoms with Crippen molar-refractivity contribution in [3.8, 4) is 11.5 Å². The maximum atomic E-state index is 11.3. The van der Waals surface area contributed by atoms with Gasteiger partial charge in [-0.05, 0) is 20.3 Å². The molecule has 1 rings (SSSR count). The highest BCUT2D eigenvalue weighted by Crippen LogP contribution is 2.33. The topological polar surface area (TPSA) is 47.6 Å². The standard InChI is InChI=1S/C15H21NO3/c1-10(2)6-7-13-14(16-11(3)17)8-12(18-4)9-15(13)19-5/h6,8-9H,7H2,1-5H3,(H,16,17). The molecule has 0 fully saturated rings. The Morgan fingerprint density at radius 3 is 2.37 bits per heavy atom. The SMILES string of the molecule is COc1cc(NC(C)=O)c(CC=C(C)C)c(OC)c1. The Morgan fingerprint density at radius 1 is 1.21 bits per heavy atom. The number of carbonyl (C=O) groups excluding carboxylic acids is 1. The summed E-state index contributed by atoms with van der Waals surface area (Å²) in [6.45, 7) is 5.55. The van der Waals surface area contributed by atoms with Crippen LogP contribution in [0.5, 0.6) is 11.5 Å². The third-order valence-corrected chi connectivity index (χ3v) is 2.66. The monoisotopic (exact) mass is 263 g/mol. The van der Waals surface area contributed by atoms with Crippen LogP contribution in [0.1, 0.15) is 26.3 Å². The molecule has 1 aromatic rings. The van der Waals surface area contributed by atoms with E-state index in [1.54, 1.807) is 20.3 Å². The second-order valence-corrected chi connectivity index (χ2v) is 4.52. The van der Waals surface area contributed by atoms with Gasteiger partial charge < -0.3 is 14.8 Å². The maximum absolute atomic E-state index is 11.3. The van der Waals surface area contributed by atoms with E-state index in [2.05, 4.69) is 11.4 Å². The second kappa shape index (κ2) is 6.83. The average molecular weight is 263 g/mol. The summed E-state index contributed by atoms with van der Waals surface area (Å²) in [4.78, 5) is 11.3. The van der Waals surface area contributed by atoms with Crippen molar-refractivity contribution in [2.45, 2.75) is 27.2 Å². The molecular weight excluding hydrogens is 242 g/mol. The molecule has 1 amide bonds. The number of methoxy groups -OCH3 is 2. The predicted octanol–water partition coefficient (Wildman–Crippen LogP) is 3.17. The smallest absolute Gasteiger partial charge is 0.221 e. The highest BCUT2D eigenvalue weighted by Gasteiger charge is 2.12. The van der Waals surface area contributed by atoms with Crippen molar-refractivity contribution in [3.63, 3.8) is 0 Å². The number of hydrogen-bond donors (Lipinski definition) is 1. The number of rotatable bonds is 5. The molecule has 0 heterocycles. The molecule has 4 heteroatoms. The molecule has 19 heavy (non-hydrogen) atoms. The summed E-state index contributed by atoms with van der Waals surface area (Å²) in [5, 5.41) is 2.82. The number of hydrogen-bond acceptors (Lipinski definition) is 3. The predicted molar refractivity (Wildman–Crippen MR) is 77.0 cm³/mol. The second-order valence-electron chi connectivity index (χ2n) is 4.52. The molecule has 1 aromatic carbocycles. The molecule has 0 atom stereocenters. The van der Waals surface area contributed by atoms with Crippen LogP contribution in [0.2, 0.25) is 0 Å². The van der Waals surface area contributed by atoms with Crippen LogP contribution in [-0.4, -0.2) is 20.1 Å². The normalized spacial score (nSPS) is 9.74. The van der Waals surface area contributed by atoms with Gasteiger partial charge in [-0.1, -0.05) is 11.6 Å². The van der Waals surface area contributed by atoms with Crippen LogP contribution in [-0.2, 0) is 11.2 Å². The molecule has 0 aliphatic heterocycles. The zero-order valence-electron chi connectivity index (χ0n) is 12.2. The van der Waals surface area contributed by atoms with Crippen molar-refractivity contribution in [1.82, 2.24) is 0 Å². The third-order valence-electron chi connectivity index (χ3n) is 2.66. The summed E-state index contributed by atoms with van der Waals surface area (Å²) in [5.74, 6) is 1.25. The van der Waals surface area contributed by atoms with Gasteiger partial charge in [-0.3, -0.25) is 4.79 Å². The Morgan fingerprint density at radius 2 is 1.89 bits per heavy atom. The summed E-state index contributed by atoms with van der Waals surface area (Å²) >= 11 is 0. The van der Waals surface area contributed by atoms with Crippen LogP contribution < -0.4 is 14.8 Å². The fraction of sp³-hybridized carbons (Fsp3) is 0.400. The summed E-state index contributed by atoms with van der Waals surface area (Å²) in [6.07, 6.45) is 2.79. The van der Waals surface area contributed by atoms with E-state index in [1.165, 1.54) is 12.5 Å². The molecule has 0 aliphatic rings. The molecule has 0 saturated heterocycles. The van der Waals surface area contributed by atoms with Crippen molar-refractivity contribution in [2.75, 3.05) is 19.5 Å². The number of ether oxygens (including phenoxy) is 2. The third kappa shape index (κ3) is 4.32. The Kier molecular flexibility index (Phi) is 5.42. The molecule has 104 valence electrons. The molecule has 0 aromatic heterocycles. The highest BCUT2D eigenvalue weighted by atomic mass is 16.5. The van der Waals surface area contributed by atoms with Gasteiger partial charge in [-0.2, -0.15) is 0 Å². The van der Waals surface area contributed by atoms with Crippen LogP contribution in [0.15, 0.2) is 23.8 Å². The average Bonchev–Trinajstić information content (AvgIpc) is 2.35. The van der Waals surface area contributed by atoms with E-state index in [1.807, 2.05) is 19.9 Å². The minimum Gasteiger partial charge on any atom is -0.497 e. The number of nitrogens with one attached hydrogen (secondary N) is 1. The first-order chi connectivity index (χ1) is 8.97. The van der Waals surface area contributed by atoms with Gasteiger partial charge in [0.1, 0.15) is 11.5 Å². The van der Waals surface area contributed by atoms with Crippen LogP contribution in [0.25, 0.3) is 0 Å². The number of anilines is 1. The first-order valence-corrected chi connectivity index (χ1v) is 6.13. The molecule has 0 spiro atoms. The lowest BCUT2D eigenvalue weighted by Gasteiger charge is -2.15. The largest absolute Gasteiger partial charge is 0.497 e. The molecule has 0 aliphatic carbocycles. The van der Waals surface area contributed by atoms with Crippen molar-refractivity contribution >= 4 is 11.6 Å². The van der Waals surface area contributed by atoms with E-state index in [9.17, 15) is 4.79 Å². The van der Waals surface area contributed by atoms with Crippen LogP contribution in [0.4, 0.5) is 5.69 Å². The lowest BCUT2D eigenvalue weighted by atomic mass is 10.1. The van der Waals surface area contributed by atoms with E-state index in [0.29, 0.717) is 17.9 Å². The quantitative estimate of drug-likeness (QED) is 0.830.